The average Bonchev–Trinajstić information content (AvgIpc) is 2.77. The molecule has 0 unspecified atom stereocenters. The van der Waals surface area contributed by atoms with Crippen LogP contribution in [0.1, 0.15) is 26.4 Å². The van der Waals surface area contributed by atoms with Gasteiger partial charge in [-0.3, -0.25) is 4.79 Å². The molecule has 4 heteroatoms. The number of carbonyl (C=O) groups excluding carboxylic acids is 1. The van der Waals surface area contributed by atoms with Gasteiger partial charge in [0.1, 0.15) is 0 Å². The molecule has 0 N–H and O–H groups in total. The van der Waals surface area contributed by atoms with Gasteiger partial charge in [-0.1, -0.05) is 12.1 Å². The lowest BCUT2D eigenvalue weighted by Crippen LogP contribution is -2.26. The van der Waals surface area contributed by atoms with Gasteiger partial charge in [0.25, 0.3) is 5.91 Å². The summed E-state index contributed by atoms with van der Waals surface area (Å²) in [6.07, 6.45) is 0. The maximum absolute atomic E-state index is 12.4. The molecule has 2 nitrogen and oxygen atoms in total. The third-order valence-electron chi connectivity index (χ3n) is 3.20. The van der Waals surface area contributed by atoms with E-state index in [2.05, 4.69) is 22.0 Å². The predicted molar refractivity (Wildman–Crippen MR) is 83.7 cm³/mol. The van der Waals surface area contributed by atoms with E-state index in [0.717, 1.165) is 21.2 Å². The van der Waals surface area contributed by atoms with Crippen molar-refractivity contribution >= 4 is 33.2 Å². The second-order valence-electron chi connectivity index (χ2n) is 4.64. The number of rotatable bonds is 3. The maximum atomic E-state index is 12.4. The SMILES string of the molecule is Cc1cccc(C(=O)N(C)Cc2cc(Br)cs2)c1C. The molecule has 0 atom stereocenters. The summed E-state index contributed by atoms with van der Waals surface area (Å²) >= 11 is 5.09. The fourth-order valence-corrected chi connectivity index (χ4v) is 3.43. The van der Waals surface area contributed by atoms with Crippen molar-refractivity contribution in [2.24, 2.45) is 0 Å². The van der Waals surface area contributed by atoms with Crippen LogP contribution in [0, 0.1) is 13.8 Å². The van der Waals surface area contributed by atoms with Crippen molar-refractivity contribution in [2.45, 2.75) is 20.4 Å². The Balaban J connectivity index is 2.17. The highest BCUT2D eigenvalue weighted by molar-refractivity contribution is 9.10. The van der Waals surface area contributed by atoms with Crippen LogP contribution in [-0.2, 0) is 6.54 Å². The van der Waals surface area contributed by atoms with Gasteiger partial charge in [-0.2, -0.15) is 0 Å². The molecule has 0 saturated carbocycles. The van der Waals surface area contributed by atoms with E-state index < -0.39 is 0 Å². The van der Waals surface area contributed by atoms with Crippen molar-refractivity contribution in [3.8, 4) is 0 Å². The number of benzene rings is 1. The van der Waals surface area contributed by atoms with Gasteiger partial charge in [0.05, 0.1) is 6.54 Å². The molecule has 0 spiro atoms. The van der Waals surface area contributed by atoms with Crippen molar-refractivity contribution in [3.05, 3.63) is 55.7 Å². The van der Waals surface area contributed by atoms with Crippen LogP contribution in [0.5, 0.6) is 0 Å². The minimum atomic E-state index is 0.0747. The zero-order valence-electron chi connectivity index (χ0n) is 11.2. The van der Waals surface area contributed by atoms with Gasteiger partial charge in [-0.05, 0) is 53.0 Å². The zero-order valence-corrected chi connectivity index (χ0v) is 13.6. The summed E-state index contributed by atoms with van der Waals surface area (Å²) in [5, 5.41) is 2.03. The number of thiophene rings is 1. The lowest BCUT2D eigenvalue weighted by atomic mass is 10.0. The second kappa shape index (κ2) is 5.88. The Morgan fingerprint density at radius 2 is 2.11 bits per heavy atom. The monoisotopic (exact) mass is 337 g/mol. The molecule has 100 valence electrons. The molecular weight excluding hydrogens is 322 g/mol. The smallest absolute Gasteiger partial charge is 0.254 e. The molecule has 1 aromatic carbocycles. The first-order valence-electron chi connectivity index (χ1n) is 6.03. The van der Waals surface area contributed by atoms with Gasteiger partial charge < -0.3 is 4.90 Å². The fourth-order valence-electron chi connectivity index (χ4n) is 1.93. The van der Waals surface area contributed by atoms with E-state index >= 15 is 0 Å². The molecule has 19 heavy (non-hydrogen) atoms. The summed E-state index contributed by atoms with van der Waals surface area (Å²) in [4.78, 5) is 15.4. The summed E-state index contributed by atoms with van der Waals surface area (Å²) in [5.41, 5.74) is 3.00. The van der Waals surface area contributed by atoms with E-state index in [1.165, 1.54) is 4.88 Å². The molecule has 2 aromatic rings. The van der Waals surface area contributed by atoms with E-state index in [-0.39, 0.29) is 5.91 Å². The third-order valence-corrected chi connectivity index (χ3v) is 4.88. The van der Waals surface area contributed by atoms with Crippen LogP contribution in [0.4, 0.5) is 0 Å². The Morgan fingerprint density at radius 1 is 1.37 bits per heavy atom. The number of hydrogen-bond donors (Lipinski definition) is 0. The summed E-state index contributed by atoms with van der Waals surface area (Å²) in [6.45, 7) is 4.67. The normalized spacial score (nSPS) is 10.5. The van der Waals surface area contributed by atoms with Crippen molar-refractivity contribution < 1.29 is 4.79 Å². The molecule has 0 aliphatic heterocycles. The minimum absolute atomic E-state index is 0.0747. The quantitative estimate of drug-likeness (QED) is 0.812. The van der Waals surface area contributed by atoms with Crippen molar-refractivity contribution in [3.63, 3.8) is 0 Å². The molecule has 0 bridgehead atoms. The predicted octanol–water partition coefficient (Wildman–Crippen LogP) is 4.40. The van der Waals surface area contributed by atoms with Crippen LogP contribution < -0.4 is 0 Å². The van der Waals surface area contributed by atoms with Crippen LogP contribution in [0.25, 0.3) is 0 Å². The Hall–Kier alpha value is -1.13. The topological polar surface area (TPSA) is 20.3 Å². The number of aryl methyl sites for hydroxylation is 1. The van der Waals surface area contributed by atoms with E-state index in [1.807, 2.05) is 44.5 Å². The van der Waals surface area contributed by atoms with E-state index in [1.54, 1.807) is 16.2 Å². The van der Waals surface area contributed by atoms with Crippen molar-refractivity contribution in [1.82, 2.24) is 4.90 Å². The van der Waals surface area contributed by atoms with Gasteiger partial charge in [-0.15, -0.1) is 11.3 Å². The first-order chi connectivity index (χ1) is 8.99. The van der Waals surface area contributed by atoms with E-state index in [4.69, 9.17) is 0 Å². The maximum Gasteiger partial charge on any atom is 0.254 e. The number of hydrogen-bond acceptors (Lipinski definition) is 2. The number of nitrogens with zero attached hydrogens (tertiary/aromatic N) is 1. The van der Waals surface area contributed by atoms with Crippen molar-refractivity contribution in [2.75, 3.05) is 7.05 Å². The Morgan fingerprint density at radius 3 is 2.74 bits per heavy atom. The first kappa shape index (κ1) is 14.3. The van der Waals surface area contributed by atoms with Crippen LogP contribution >= 0.6 is 27.3 Å². The van der Waals surface area contributed by atoms with Crippen LogP contribution in [0.3, 0.4) is 0 Å². The highest BCUT2D eigenvalue weighted by Crippen LogP contribution is 2.22. The summed E-state index contributed by atoms with van der Waals surface area (Å²) in [5.74, 6) is 0.0747. The fraction of sp³-hybridized carbons (Fsp3) is 0.267. The standard InChI is InChI=1S/C15H16BrNOS/c1-10-5-4-6-14(11(10)2)15(18)17(3)8-13-7-12(16)9-19-13/h4-7,9H,8H2,1-3H3. The average molecular weight is 338 g/mol. The van der Waals surface area contributed by atoms with Crippen LogP contribution in [0.2, 0.25) is 0 Å². The first-order valence-corrected chi connectivity index (χ1v) is 7.71. The second-order valence-corrected chi connectivity index (χ2v) is 6.55. The minimum Gasteiger partial charge on any atom is -0.337 e. The zero-order chi connectivity index (χ0) is 14.0. The number of halogens is 1. The highest BCUT2D eigenvalue weighted by atomic mass is 79.9. The Bertz CT molecular complexity index is 606. The summed E-state index contributed by atoms with van der Waals surface area (Å²) < 4.78 is 1.07. The van der Waals surface area contributed by atoms with Crippen LogP contribution in [0.15, 0.2) is 34.1 Å². The molecular formula is C15H16BrNOS. The van der Waals surface area contributed by atoms with Gasteiger partial charge in [0, 0.05) is 27.3 Å². The highest BCUT2D eigenvalue weighted by Gasteiger charge is 2.15. The van der Waals surface area contributed by atoms with Gasteiger partial charge in [0.15, 0.2) is 0 Å². The van der Waals surface area contributed by atoms with Gasteiger partial charge in [-0.25, -0.2) is 0 Å². The number of carbonyl (C=O) groups is 1. The largest absolute Gasteiger partial charge is 0.337 e. The van der Waals surface area contributed by atoms with Crippen LogP contribution in [-0.4, -0.2) is 17.9 Å². The molecule has 1 aromatic heterocycles. The molecule has 0 aliphatic rings. The lowest BCUT2D eigenvalue weighted by molar-refractivity contribution is 0.0785. The Labute approximate surface area is 126 Å². The van der Waals surface area contributed by atoms with Crippen molar-refractivity contribution in [1.29, 1.82) is 0 Å². The summed E-state index contributed by atoms with van der Waals surface area (Å²) in [7, 11) is 1.84. The number of amides is 1. The summed E-state index contributed by atoms with van der Waals surface area (Å²) in [6, 6.07) is 7.91. The molecule has 0 radical (unpaired) electrons. The van der Waals surface area contributed by atoms with Gasteiger partial charge in [0.2, 0.25) is 0 Å². The Kier molecular flexibility index (Phi) is 4.42. The third kappa shape index (κ3) is 3.25. The molecule has 0 saturated heterocycles. The molecule has 0 aliphatic carbocycles. The lowest BCUT2D eigenvalue weighted by Gasteiger charge is -2.18. The van der Waals surface area contributed by atoms with E-state index in [0.29, 0.717) is 6.54 Å². The molecule has 1 heterocycles. The van der Waals surface area contributed by atoms with E-state index in [9.17, 15) is 4.79 Å². The molecule has 2 rings (SSSR count). The molecule has 0 fully saturated rings. The van der Waals surface area contributed by atoms with Gasteiger partial charge >= 0.3 is 0 Å². The molecule has 1 amide bonds.